The van der Waals surface area contributed by atoms with Crippen LogP contribution >= 0.6 is 0 Å². The molecule has 17 heavy (non-hydrogen) atoms. The van der Waals surface area contributed by atoms with Gasteiger partial charge in [0.25, 0.3) is 0 Å². The van der Waals surface area contributed by atoms with E-state index in [4.69, 9.17) is 5.11 Å². The maximum atomic E-state index is 8.93. The highest BCUT2D eigenvalue weighted by atomic mass is 16.2. The molecule has 0 radical (unpaired) electrons. The van der Waals surface area contributed by atoms with E-state index in [0.717, 1.165) is 24.7 Å². The molecular formula is C16H28O. The Hall–Kier alpha value is -0.300. The average molecular weight is 236 g/mol. The van der Waals surface area contributed by atoms with Gasteiger partial charge in [-0.2, -0.15) is 0 Å². The Morgan fingerprint density at radius 2 is 2.29 bits per heavy atom. The van der Waals surface area contributed by atoms with Gasteiger partial charge in [-0.1, -0.05) is 38.8 Å². The van der Waals surface area contributed by atoms with Gasteiger partial charge in [0.2, 0.25) is 0 Å². The topological polar surface area (TPSA) is 20.2 Å². The van der Waals surface area contributed by atoms with Crippen molar-refractivity contribution in [3.05, 3.63) is 12.2 Å². The van der Waals surface area contributed by atoms with Gasteiger partial charge in [0, 0.05) is 6.61 Å². The summed E-state index contributed by atoms with van der Waals surface area (Å²) in [5, 5.41) is 8.93. The van der Waals surface area contributed by atoms with E-state index in [1.807, 2.05) is 0 Å². The minimum atomic E-state index is 0.305. The van der Waals surface area contributed by atoms with E-state index in [1.54, 1.807) is 0 Å². The lowest BCUT2D eigenvalue weighted by atomic mass is 9.49. The molecular weight excluding hydrogens is 208 g/mol. The fraction of sp³-hybridized carbons (Fsp3) is 0.875. The van der Waals surface area contributed by atoms with Gasteiger partial charge in [-0.25, -0.2) is 0 Å². The lowest BCUT2D eigenvalue weighted by molar-refractivity contribution is -0.0513. The smallest absolute Gasteiger partial charge is 0.0434 e. The Bertz CT molecular complexity index is 283. The third-order valence-electron chi connectivity index (χ3n) is 5.76. The summed E-state index contributed by atoms with van der Waals surface area (Å²) in [6.45, 7) is 9.33. The van der Waals surface area contributed by atoms with Crippen molar-refractivity contribution >= 4 is 0 Å². The molecule has 1 heteroatoms. The van der Waals surface area contributed by atoms with Crippen LogP contribution in [0.25, 0.3) is 0 Å². The molecule has 3 unspecified atom stereocenters. The summed E-state index contributed by atoms with van der Waals surface area (Å²) in [6, 6.07) is 0. The second kappa shape index (κ2) is 5.14. The van der Waals surface area contributed by atoms with E-state index in [2.05, 4.69) is 20.4 Å². The van der Waals surface area contributed by atoms with Crippen LogP contribution in [-0.2, 0) is 0 Å². The Kier molecular flexibility index (Phi) is 3.97. The van der Waals surface area contributed by atoms with Crippen LogP contribution in [0.15, 0.2) is 12.2 Å². The number of allylic oxidation sites excluding steroid dienone is 1. The van der Waals surface area contributed by atoms with E-state index in [0.29, 0.717) is 17.9 Å². The van der Waals surface area contributed by atoms with Gasteiger partial charge in [-0.15, -0.1) is 0 Å². The van der Waals surface area contributed by atoms with E-state index in [1.165, 1.54) is 37.7 Å². The van der Waals surface area contributed by atoms with Crippen LogP contribution in [0.3, 0.4) is 0 Å². The van der Waals surface area contributed by atoms with E-state index >= 15 is 0 Å². The Balaban J connectivity index is 1.99. The Morgan fingerprint density at radius 3 is 2.94 bits per heavy atom. The highest BCUT2D eigenvalue weighted by molar-refractivity contribution is 5.15. The molecule has 2 aliphatic carbocycles. The lowest BCUT2D eigenvalue weighted by Crippen LogP contribution is -2.48. The molecule has 2 saturated carbocycles. The summed E-state index contributed by atoms with van der Waals surface area (Å²) in [7, 11) is 0. The molecule has 2 rings (SSSR count). The Morgan fingerprint density at radius 1 is 1.53 bits per heavy atom. The van der Waals surface area contributed by atoms with Gasteiger partial charge >= 0.3 is 0 Å². The van der Waals surface area contributed by atoms with Gasteiger partial charge in [-0.3, -0.25) is 0 Å². The zero-order valence-corrected chi connectivity index (χ0v) is 11.5. The molecule has 98 valence electrons. The second-order valence-electron chi connectivity index (χ2n) is 6.31. The van der Waals surface area contributed by atoms with Gasteiger partial charge < -0.3 is 5.11 Å². The number of aliphatic hydroxyl groups is 1. The lowest BCUT2D eigenvalue weighted by Gasteiger charge is -2.56. The zero-order valence-electron chi connectivity index (χ0n) is 11.5. The zero-order chi connectivity index (χ0) is 12.5. The van der Waals surface area contributed by atoms with Crippen molar-refractivity contribution in [3.8, 4) is 0 Å². The molecule has 0 heterocycles. The first-order chi connectivity index (χ1) is 8.15. The van der Waals surface area contributed by atoms with Crippen LogP contribution in [0, 0.1) is 23.2 Å². The number of aliphatic hydroxyl groups excluding tert-OH is 1. The predicted molar refractivity (Wildman–Crippen MR) is 72.8 cm³/mol. The highest BCUT2D eigenvalue weighted by Crippen LogP contribution is 2.66. The molecule has 1 nitrogen and oxygen atoms in total. The largest absolute Gasteiger partial charge is 0.396 e. The van der Waals surface area contributed by atoms with Gasteiger partial charge in [0.05, 0.1) is 0 Å². The standard InChI is InChI=1S/C16H28O/c1-4-14-11-16(9-5-8-15(14)16)13(3)12(2)7-6-10-17/h13-15,17H,2,4-11H2,1,3H3/t13-,14?,15?,16?/m1/s1. The van der Waals surface area contributed by atoms with Crippen molar-refractivity contribution in [2.45, 2.75) is 58.8 Å². The third-order valence-corrected chi connectivity index (χ3v) is 5.76. The van der Waals surface area contributed by atoms with Crippen LogP contribution in [0.4, 0.5) is 0 Å². The second-order valence-corrected chi connectivity index (χ2v) is 6.31. The fourth-order valence-electron chi connectivity index (χ4n) is 4.62. The number of hydrogen-bond acceptors (Lipinski definition) is 1. The summed E-state index contributed by atoms with van der Waals surface area (Å²) in [5.74, 6) is 2.64. The summed E-state index contributed by atoms with van der Waals surface area (Å²) in [4.78, 5) is 0. The maximum Gasteiger partial charge on any atom is 0.0434 e. The van der Waals surface area contributed by atoms with E-state index in [-0.39, 0.29) is 0 Å². The Labute approximate surface area is 106 Å². The normalized spacial score (nSPS) is 37.4. The molecule has 0 aliphatic heterocycles. The molecule has 0 aromatic heterocycles. The van der Waals surface area contributed by atoms with Crippen LogP contribution in [-0.4, -0.2) is 11.7 Å². The summed E-state index contributed by atoms with van der Waals surface area (Å²) >= 11 is 0. The van der Waals surface area contributed by atoms with Crippen LogP contribution < -0.4 is 0 Å². The van der Waals surface area contributed by atoms with Crippen molar-refractivity contribution < 1.29 is 5.11 Å². The van der Waals surface area contributed by atoms with E-state index < -0.39 is 0 Å². The predicted octanol–water partition coefficient (Wildman–Crippen LogP) is 4.17. The van der Waals surface area contributed by atoms with Crippen molar-refractivity contribution in [3.63, 3.8) is 0 Å². The van der Waals surface area contributed by atoms with Gasteiger partial charge in [0.1, 0.15) is 0 Å². The molecule has 0 spiro atoms. The van der Waals surface area contributed by atoms with Crippen LogP contribution in [0.1, 0.15) is 58.8 Å². The van der Waals surface area contributed by atoms with E-state index in [9.17, 15) is 0 Å². The first-order valence-corrected chi connectivity index (χ1v) is 7.44. The monoisotopic (exact) mass is 236 g/mol. The molecule has 0 amide bonds. The average Bonchev–Trinajstić information content (AvgIpc) is 2.65. The minimum Gasteiger partial charge on any atom is -0.396 e. The summed E-state index contributed by atoms with van der Waals surface area (Å²) in [5.41, 5.74) is 1.99. The molecule has 0 aromatic rings. The highest BCUT2D eigenvalue weighted by Gasteiger charge is 2.57. The van der Waals surface area contributed by atoms with Crippen molar-refractivity contribution in [2.24, 2.45) is 23.2 Å². The van der Waals surface area contributed by atoms with Gasteiger partial charge in [-0.05, 0) is 55.3 Å². The first kappa shape index (κ1) is 13.1. The molecule has 1 N–H and O–H groups in total. The maximum absolute atomic E-state index is 8.93. The quantitative estimate of drug-likeness (QED) is 0.686. The van der Waals surface area contributed by atoms with Crippen LogP contribution in [0.2, 0.25) is 0 Å². The third kappa shape index (κ3) is 2.07. The number of fused-ring (bicyclic) bond motifs is 1. The molecule has 0 saturated heterocycles. The summed E-state index contributed by atoms with van der Waals surface area (Å²) < 4.78 is 0. The first-order valence-electron chi connectivity index (χ1n) is 7.44. The number of hydrogen-bond donors (Lipinski definition) is 1. The number of rotatable bonds is 6. The molecule has 2 fully saturated rings. The summed E-state index contributed by atoms with van der Waals surface area (Å²) in [6.07, 6.45) is 9.02. The van der Waals surface area contributed by atoms with Crippen molar-refractivity contribution in [1.29, 1.82) is 0 Å². The molecule has 2 aliphatic rings. The van der Waals surface area contributed by atoms with Crippen molar-refractivity contribution in [1.82, 2.24) is 0 Å². The molecule has 0 bridgehead atoms. The van der Waals surface area contributed by atoms with Crippen molar-refractivity contribution in [2.75, 3.05) is 6.61 Å². The van der Waals surface area contributed by atoms with Crippen LogP contribution in [0.5, 0.6) is 0 Å². The fourth-order valence-corrected chi connectivity index (χ4v) is 4.62. The molecule has 4 atom stereocenters. The SMILES string of the molecule is C=C(CCCO)[C@@H](C)C12CCCC1C(CC)C2. The minimum absolute atomic E-state index is 0.305. The van der Waals surface area contributed by atoms with Gasteiger partial charge in [0.15, 0.2) is 0 Å². The molecule has 0 aromatic carbocycles.